The number of urea groups is 1. The number of aromatic nitrogens is 1. The molecule has 2 rings (SSSR count). The number of nitrogens with one attached hydrogen (secondary N) is 2. The number of hydrogen-bond donors (Lipinski definition) is 3. The average molecular weight is 290 g/mol. The minimum atomic E-state index is -0.460. The van der Waals surface area contributed by atoms with Crippen molar-refractivity contribution in [1.29, 1.82) is 0 Å². The zero-order valence-corrected chi connectivity index (χ0v) is 12.3. The largest absolute Gasteiger partial charge is 0.352 e. The molecule has 114 valence electrons. The van der Waals surface area contributed by atoms with Gasteiger partial charge in [-0.1, -0.05) is 0 Å². The normalized spacial score (nSPS) is 21.6. The van der Waals surface area contributed by atoms with E-state index < -0.39 is 6.03 Å². The third-order valence-electron chi connectivity index (χ3n) is 3.92. The molecule has 0 saturated heterocycles. The van der Waals surface area contributed by atoms with E-state index in [1.54, 1.807) is 12.3 Å². The van der Waals surface area contributed by atoms with Gasteiger partial charge in [-0.05, 0) is 50.7 Å². The number of carbonyl (C=O) groups is 2. The number of carbonyl (C=O) groups excluding carboxylic acids is 2. The summed E-state index contributed by atoms with van der Waals surface area (Å²) in [6.45, 7) is 2.55. The molecule has 0 radical (unpaired) electrons. The van der Waals surface area contributed by atoms with E-state index in [2.05, 4.69) is 15.6 Å². The zero-order valence-electron chi connectivity index (χ0n) is 12.3. The summed E-state index contributed by atoms with van der Waals surface area (Å²) in [5, 5.41) is 5.69. The number of nitrogens with two attached hydrogens (primary N) is 1. The first-order chi connectivity index (χ1) is 10.0. The van der Waals surface area contributed by atoms with E-state index >= 15 is 0 Å². The molecule has 1 saturated carbocycles. The molecule has 0 unspecified atom stereocenters. The Morgan fingerprint density at radius 2 is 2.00 bits per heavy atom. The molecule has 0 spiro atoms. The van der Waals surface area contributed by atoms with E-state index in [1.165, 1.54) is 0 Å². The van der Waals surface area contributed by atoms with Crippen molar-refractivity contribution < 1.29 is 9.59 Å². The lowest BCUT2D eigenvalue weighted by molar-refractivity contribution is 0.0942. The Kier molecular flexibility index (Phi) is 5.14. The number of amides is 3. The summed E-state index contributed by atoms with van der Waals surface area (Å²) in [5.74, 6) is 0.373. The third-order valence-corrected chi connectivity index (χ3v) is 3.92. The number of nitrogens with zero attached hydrogens (tertiary/aromatic N) is 1. The molecular formula is C15H22N4O2. The highest BCUT2D eigenvalue weighted by molar-refractivity contribution is 5.93. The molecule has 3 amide bonds. The van der Waals surface area contributed by atoms with E-state index in [9.17, 15) is 9.59 Å². The zero-order chi connectivity index (χ0) is 15.2. The van der Waals surface area contributed by atoms with E-state index in [4.69, 9.17) is 5.73 Å². The van der Waals surface area contributed by atoms with E-state index in [0.717, 1.165) is 31.4 Å². The van der Waals surface area contributed by atoms with Crippen molar-refractivity contribution in [3.63, 3.8) is 0 Å². The predicted octanol–water partition coefficient (Wildman–Crippen LogP) is 1.35. The van der Waals surface area contributed by atoms with Crippen LogP contribution in [0.4, 0.5) is 4.79 Å². The van der Waals surface area contributed by atoms with Gasteiger partial charge >= 0.3 is 6.03 Å². The van der Waals surface area contributed by atoms with Gasteiger partial charge in [-0.25, -0.2) is 4.79 Å². The first-order valence-corrected chi connectivity index (χ1v) is 7.31. The summed E-state index contributed by atoms with van der Waals surface area (Å²) in [6.07, 6.45) is 5.39. The molecule has 1 aliphatic rings. The van der Waals surface area contributed by atoms with Crippen molar-refractivity contribution >= 4 is 11.9 Å². The number of hydrogen-bond acceptors (Lipinski definition) is 3. The number of rotatable bonds is 4. The van der Waals surface area contributed by atoms with Crippen LogP contribution in [0.1, 0.15) is 41.7 Å². The predicted molar refractivity (Wildman–Crippen MR) is 79.8 cm³/mol. The summed E-state index contributed by atoms with van der Waals surface area (Å²) >= 11 is 0. The van der Waals surface area contributed by atoms with Crippen LogP contribution in [0.3, 0.4) is 0 Å². The molecule has 1 heterocycles. The molecule has 0 aromatic carbocycles. The van der Waals surface area contributed by atoms with E-state index in [1.807, 2.05) is 13.0 Å². The minimum absolute atomic E-state index is 0.0834. The van der Waals surface area contributed by atoms with Crippen molar-refractivity contribution in [2.24, 2.45) is 11.7 Å². The van der Waals surface area contributed by atoms with Crippen molar-refractivity contribution in [1.82, 2.24) is 15.6 Å². The van der Waals surface area contributed by atoms with E-state index in [0.29, 0.717) is 18.0 Å². The van der Waals surface area contributed by atoms with Gasteiger partial charge in [-0.2, -0.15) is 0 Å². The molecule has 1 aromatic rings. The highest BCUT2D eigenvalue weighted by Gasteiger charge is 2.22. The first-order valence-electron chi connectivity index (χ1n) is 7.31. The maximum absolute atomic E-state index is 12.0. The highest BCUT2D eigenvalue weighted by atomic mass is 16.2. The molecule has 6 nitrogen and oxygen atoms in total. The summed E-state index contributed by atoms with van der Waals surface area (Å²) in [4.78, 5) is 26.9. The van der Waals surface area contributed by atoms with Gasteiger partial charge < -0.3 is 16.4 Å². The smallest absolute Gasteiger partial charge is 0.312 e. The molecule has 1 aromatic heterocycles. The van der Waals surface area contributed by atoms with Gasteiger partial charge in [-0.3, -0.25) is 9.78 Å². The Morgan fingerprint density at radius 1 is 1.29 bits per heavy atom. The SMILES string of the molecule is Cc1ccc(C(=O)NCC2CCC(NC(N)=O)CC2)cn1. The standard InChI is InChI=1S/C15H22N4O2/c1-10-2-5-12(9-17-10)14(20)18-8-11-3-6-13(7-4-11)19-15(16)21/h2,5,9,11,13H,3-4,6-8H2,1H3,(H,18,20)(H3,16,19,21). The summed E-state index contributed by atoms with van der Waals surface area (Å²) in [6, 6.07) is 3.33. The molecule has 21 heavy (non-hydrogen) atoms. The highest BCUT2D eigenvalue weighted by Crippen LogP contribution is 2.23. The van der Waals surface area contributed by atoms with Crippen LogP contribution in [-0.4, -0.2) is 29.5 Å². The second-order valence-corrected chi connectivity index (χ2v) is 5.62. The van der Waals surface area contributed by atoms with Crippen molar-refractivity contribution in [2.75, 3.05) is 6.54 Å². The average Bonchev–Trinajstić information content (AvgIpc) is 2.46. The number of pyridine rings is 1. The van der Waals surface area contributed by atoms with Crippen LogP contribution >= 0.6 is 0 Å². The van der Waals surface area contributed by atoms with Gasteiger partial charge in [0.15, 0.2) is 0 Å². The van der Waals surface area contributed by atoms with Gasteiger partial charge in [0.1, 0.15) is 0 Å². The monoisotopic (exact) mass is 290 g/mol. The lowest BCUT2D eigenvalue weighted by Crippen LogP contribution is -2.42. The second kappa shape index (κ2) is 7.06. The van der Waals surface area contributed by atoms with Crippen LogP contribution in [0.5, 0.6) is 0 Å². The van der Waals surface area contributed by atoms with E-state index in [-0.39, 0.29) is 11.9 Å². The van der Waals surface area contributed by atoms with Gasteiger partial charge in [0.2, 0.25) is 0 Å². The Labute approximate surface area is 124 Å². The molecule has 1 aliphatic carbocycles. The Bertz CT molecular complexity index is 493. The summed E-state index contributed by atoms with van der Waals surface area (Å²) < 4.78 is 0. The third kappa shape index (κ3) is 4.73. The Balaban J connectivity index is 1.73. The summed E-state index contributed by atoms with van der Waals surface area (Å²) in [7, 11) is 0. The molecule has 1 fully saturated rings. The van der Waals surface area contributed by atoms with Crippen molar-refractivity contribution in [2.45, 2.75) is 38.6 Å². The van der Waals surface area contributed by atoms with Crippen LogP contribution in [0, 0.1) is 12.8 Å². The van der Waals surface area contributed by atoms with Crippen LogP contribution in [0.25, 0.3) is 0 Å². The fourth-order valence-corrected chi connectivity index (χ4v) is 2.65. The molecule has 0 atom stereocenters. The minimum Gasteiger partial charge on any atom is -0.352 e. The quantitative estimate of drug-likeness (QED) is 0.780. The summed E-state index contributed by atoms with van der Waals surface area (Å²) in [5.41, 5.74) is 6.60. The molecule has 6 heteroatoms. The maximum Gasteiger partial charge on any atom is 0.312 e. The maximum atomic E-state index is 12.0. The Morgan fingerprint density at radius 3 is 2.57 bits per heavy atom. The molecular weight excluding hydrogens is 268 g/mol. The lowest BCUT2D eigenvalue weighted by Gasteiger charge is -2.28. The van der Waals surface area contributed by atoms with Crippen LogP contribution < -0.4 is 16.4 Å². The van der Waals surface area contributed by atoms with Crippen LogP contribution in [0.2, 0.25) is 0 Å². The second-order valence-electron chi connectivity index (χ2n) is 5.62. The number of primary amides is 1. The number of aryl methyl sites for hydroxylation is 1. The van der Waals surface area contributed by atoms with Crippen molar-refractivity contribution in [3.8, 4) is 0 Å². The van der Waals surface area contributed by atoms with Gasteiger partial charge in [-0.15, -0.1) is 0 Å². The fraction of sp³-hybridized carbons (Fsp3) is 0.533. The van der Waals surface area contributed by atoms with Gasteiger partial charge in [0.25, 0.3) is 5.91 Å². The van der Waals surface area contributed by atoms with Gasteiger partial charge in [0, 0.05) is 24.5 Å². The Hall–Kier alpha value is -2.11. The van der Waals surface area contributed by atoms with Gasteiger partial charge in [0.05, 0.1) is 5.56 Å². The molecule has 4 N–H and O–H groups in total. The van der Waals surface area contributed by atoms with Crippen molar-refractivity contribution in [3.05, 3.63) is 29.6 Å². The molecule has 0 bridgehead atoms. The van der Waals surface area contributed by atoms with Crippen LogP contribution in [-0.2, 0) is 0 Å². The lowest BCUT2D eigenvalue weighted by atomic mass is 9.86. The van der Waals surface area contributed by atoms with Crippen LogP contribution in [0.15, 0.2) is 18.3 Å². The first kappa shape index (κ1) is 15.3. The molecule has 0 aliphatic heterocycles. The fourth-order valence-electron chi connectivity index (χ4n) is 2.65. The topological polar surface area (TPSA) is 97.1 Å².